The Labute approximate surface area is 140 Å². The molecule has 1 unspecified atom stereocenters. The molecule has 2 heterocycles. The lowest BCUT2D eigenvalue weighted by atomic mass is 9.92. The summed E-state index contributed by atoms with van der Waals surface area (Å²) < 4.78 is 5.11. The number of fused-ring (bicyclic) bond motifs is 1. The molecule has 126 valence electrons. The van der Waals surface area contributed by atoms with Crippen LogP contribution < -0.4 is 20.5 Å². The van der Waals surface area contributed by atoms with Gasteiger partial charge in [0.25, 0.3) is 11.5 Å². The summed E-state index contributed by atoms with van der Waals surface area (Å²) in [5.74, 6) is 0.167. The summed E-state index contributed by atoms with van der Waals surface area (Å²) in [4.78, 5) is 29.0. The molecule has 2 N–H and O–H groups in total. The van der Waals surface area contributed by atoms with Gasteiger partial charge in [-0.1, -0.05) is 18.2 Å². The Bertz CT molecular complexity index is 800. The Morgan fingerprint density at radius 1 is 1.38 bits per heavy atom. The van der Waals surface area contributed by atoms with Crippen LogP contribution in [-0.4, -0.2) is 38.1 Å². The van der Waals surface area contributed by atoms with E-state index in [1.54, 1.807) is 6.07 Å². The van der Waals surface area contributed by atoms with E-state index in [9.17, 15) is 9.59 Å². The predicted molar refractivity (Wildman–Crippen MR) is 92.9 cm³/mol. The fraction of sp³-hybridized carbons (Fsp3) is 0.333. The summed E-state index contributed by atoms with van der Waals surface area (Å²) in [6.07, 6.45) is 2.37. The van der Waals surface area contributed by atoms with E-state index in [1.807, 2.05) is 12.1 Å². The van der Waals surface area contributed by atoms with Crippen molar-refractivity contribution in [3.05, 3.63) is 58.0 Å². The number of carbonyl (C=O) groups excluding carboxylic acids is 1. The van der Waals surface area contributed by atoms with Gasteiger partial charge in [0.15, 0.2) is 0 Å². The average Bonchev–Trinajstić information content (AvgIpc) is 2.59. The molecule has 1 atom stereocenters. The highest BCUT2D eigenvalue weighted by molar-refractivity contribution is 5.96. The van der Waals surface area contributed by atoms with Crippen molar-refractivity contribution in [2.45, 2.75) is 6.42 Å². The molecule has 0 radical (unpaired) electrons. The maximum Gasteiger partial charge on any atom is 0.264 e. The molecule has 3 rings (SSSR count). The quantitative estimate of drug-likeness (QED) is 0.891. The monoisotopic (exact) mass is 327 g/mol. The molecule has 6 heteroatoms. The number of aromatic amines is 1. The first-order valence-corrected chi connectivity index (χ1v) is 7.93. The maximum absolute atomic E-state index is 12.4. The first-order valence-electron chi connectivity index (χ1n) is 7.93. The third kappa shape index (κ3) is 3.13. The van der Waals surface area contributed by atoms with Gasteiger partial charge in [-0.2, -0.15) is 0 Å². The zero-order valence-corrected chi connectivity index (χ0v) is 13.8. The van der Waals surface area contributed by atoms with E-state index in [-0.39, 0.29) is 11.3 Å². The van der Waals surface area contributed by atoms with E-state index in [0.717, 1.165) is 13.0 Å². The third-order valence-electron chi connectivity index (χ3n) is 4.36. The predicted octanol–water partition coefficient (Wildman–Crippen LogP) is 1.42. The minimum atomic E-state index is -0.446. The van der Waals surface area contributed by atoms with Crippen molar-refractivity contribution in [1.29, 1.82) is 0 Å². The van der Waals surface area contributed by atoms with E-state index in [4.69, 9.17) is 4.74 Å². The normalized spacial score (nSPS) is 16.4. The lowest BCUT2D eigenvalue weighted by molar-refractivity contribution is 0.0942. The highest BCUT2D eigenvalue weighted by Crippen LogP contribution is 2.28. The van der Waals surface area contributed by atoms with Crippen LogP contribution in [0.2, 0.25) is 0 Å². The Kier molecular flexibility index (Phi) is 4.55. The lowest BCUT2D eigenvalue weighted by Gasteiger charge is -2.33. The number of pyridine rings is 1. The zero-order valence-electron chi connectivity index (χ0n) is 13.8. The van der Waals surface area contributed by atoms with Gasteiger partial charge in [0, 0.05) is 32.0 Å². The second-order valence-corrected chi connectivity index (χ2v) is 6.04. The van der Waals surface area contributed by atoms with E-state index < -0.39 is 11.5 Å². The van der Waals surface area contributed by atoms with Crippen molar-refractivity contribution in [3.8, 4) is 5.75 Å². The van der Waals surface area contributed by atoms with Crippen LogP contribution in [0.4, 0.5) is 5.69 Å². The molecule has 1 aliphatic rings. The largest absolute Gasteiger partial charge is 0.496 e. The Balaban J connectivity index is 1.69. The number of amides is 1. The van der Waals surface area contributed by atoms with E-state index in [2.05, 4.69) is 34.4 Å². The summed E-state index contributed by atoms with van der Waals surface area (Å²) in [5.41, 5.74) is 2.09. The van der Waals surface area contributed by atoms with Crippen LogP contribution in [0.1, 0.15) is 15.9 Å². The van der Waals surface area contributed by atoms with Gasteiger partial charge in [-0.05, 0) is 30.0 Å². The summed E-state index contributed by atoms with van der Waals surface area (Å²) in [5, 5.41) is 2.87. The van der Waals surface area contributed by atoms with Gasteiger partial charge in [0.2, 0.25) is 0 Å². The van der Waals surface area contributed by atoms with E-state index >= 15 is 0 Å². The van der Waals surface area contributed by atoms with E-state index in [1.165, 1.54) is 24.6 Å². The number of rotatable bonds is 4. The topological polar surface area (TPSA) is 74.4 Å². The number of benzene rings is 1. The maximum atomic E-state index is 12.4. The van der Waals surface area contributed by atoms with Crippen molar-refractivity contribution in [1.82, 2.24) is 10.3 Å². The highest BCUT2D eigenvalue weighted by atomic mass is 16.5. The van der Waals surface area contributed by atoms with Crippen LogP contribution in [0.3, 0.4) is 0 Å². The van der Waals surface area contributed by atoms with Crippen molar-refractivity contribution in [3.63, 3.8) is 0 Å². The molecule has 24 heavy (non-hydrogen) atoms. The summed E-state index contributed by atoms with van der Waals surface area (Å²) in [7, 11) is 3.50. The number of H-pyrrole nitrogens is 1. The summed E-state index contributed by atoms with van der Waals surface area (Å²) in [6.45, 7) is 1.37. The van der Waals surface area contributed by atoms with Gasteiger partial charge in [0.05, 0.1) is 7.11 Å². The first-order chi connectivity index (χ1) is 11.6. The van der Waals surface area contributed by atoms with Gasteiger partial charge in [0.1, 0.15) is 11.3 Å². The van der Waals surface area contributed by atoms with Crippen LogP contribution in [0, 0.1) is 5.92 Å². The Morgan fingerprint density at radius 2 is 2.17 bits per heavy atom. The molecule has 0 saturated heterocycles. The molecule has 1 aromatic heterocycles. The standard InChI is InChI=1S/C18H21N3O3/c1-21-11-12(9-13-5-3-4-6-14(13)21)10-20-18(23)16-15(24-2)7-8-19-17(16)22/h3-8,12H,9-11H2,1-2H3,(H,19,22)(H,20,23). The first kappa shape index (κ1) is 16.1. The zero-order chi connectivity index (χ0) is 17.1. The van der Waals surface area contributed by atoms with Crippen molar-refractivity contribution < 1.29 is 9.53 Å². The molecular formula is C18H21N3O3. The molecule has 0 saturated carbocycles. The van der Waals surface area contributed by atoms with Crippen molar-refractivity contribution in [2.75, 3.05) is 32.1 Å². The molecule has 0 aliphatic carbocycles. The Morgan fingerprint density at radius 3 is 2.96 bits per heavy atom. The molecular weight excluding hydrogens is 306 g/mol. The smallest absolute Gasteiger partial charge is 0.264 e. The number of carbonyl (C=O) groups is 1. The number of hydrogen-bond acceptors (Lipinski definition) is 4. The molecule has 0 fully saturated rings. The van der Waals surface area contributed by atoms with Crippen molar-refractivity contribution in [2.24, 2.45) is 5.92 Å². The second-order valence-electron chi connectivity index (χ2n) is 6.04. The van der Waals surface area contributed by atoms with E-state index in [0.29, 0.717) is 12.5 Å². The number of para-hydroxylation sites is 1. The van der Waals surface area contributed by atoms with Crippen LogP contribution in [0.5, 0.6) is 5.75 Å². The fourth-order valence-corrected chi connectivity index (χ4v) is 3.22. The number of hydrogen-bond donors (Lipinski definition) is 2. The van der Waals surface area contributed by atoms with Crippen LogP contribution in [0.25, 0.3) is 0 Å². The van der Waals surface area contributed by atoms with Gasteiger partial charge < -0.3 is 19.9 Å². The molecule has 1 aliphatic heterocycles. The number of ether oxygens (including phenoxy) is 1. The van der Waals surface area contributed by atoms with Gasteiger partial charge in [-0.15, -0.1) is 0 Å². The van der Waals surface area contributed by atoms with Crippen LogP contribution >= 0.6 is 0 Å². The molecule has 0 spiro atoms. The number of nitrogens with one attached hydrogen (secondary N) is 2. The van der Waals surface area contributed by atoms with Gasteiger partial charge in [-0.25, -0.2) is 0 Å². The fourth-order valence-electron chi connectivity index (χ4n) is 3.22. The van der Waals surface area contributed by atoms with Crippen LogP contribution in [-0.2, 0) is 6.42 Å². The second kappa shape index (κ2) is 6.78. The van der Waals surface area contributed by atoms with Gasteiger partial charge >= 0.3 is 0 Å². The summed E-state index contributed by atoms with van der Waals surface area (Å²) in [6, 6.07) is 9.86. The minimum absolute atomic E-state index is 0.0181. The molecule has 1 amide bonds. The minimum Gasteiger partial charge on any atom is -0.496 e. The summed E-state index contributed by atoms with van der Waals surface area (Å²) >= 11 is 0. The number of anilines is 1. The van der Waals surface area contributed by atoms with Gasteiger partial charge in [-0.3, -0.25) is 9.59 Å². The number of nitrogens with zero attached hydrogens (tertiary/aromatic N) is 1. The molecule has 1 aromatic carbocycles. The average molecular weight is 327 g/mol. The SMILES string of the molecule is COc1cc[nH]c(=O)c1C(=O)NCC1Cc2ccccc2N(C)C1. The third-order valence-corrected chi connectivity index (χ3v) is 4.36. The highest BCUT2D eigenvalue weighted by Gasteiger charge is 2.23. The van der Waals surface area contributed by atoms with Crippen molar-refractivity contribution >= 4 is 11.6 Å². The Hall–Kier alpha value is -2.76. The molecule has 0 bridgehead atoms. The van der Waals surface area contributed by atoms with Crippen LogP contribution in [0.15, 0.2) is 41.3 Å². The molecule has 6 nitrogen and oxygen atoms in total. The molecule has 2 aromatic rings. The lowest BCUT2D eigenvalue weighted by Crippen LogP contribution is -2.40. The number of methoxy groups -OCH3 is 1. The number of aromatic nitrogens is 1.